The van der Waals surface area contributed by atoms with E-state index in [1.807, 2.05) is 57.2 Å². The van der Waals surface area contributed by atoms with E-state index in [2.05, 4.69) is 45.3 Å². The first-order chi connectivity index (χ1) is 38.3. The number of nitrogens with two attached hydrogens (primary N) is 1. The molecule has 8 rings (SSSR count). The molecule has 7 N–H and O–H groups in total. The molecule has 19 heteroatoms. The summed E-state index contributed by atoms with van der Waals surface area (Å²) in [5, 5.41) is 15.3. The molecule has 2 saturated heterocycles. The molecule has 81 heavy (non-hydrogen) atoms. The van der Waals surface area contributed by atoms with Crippen LogP contribution in [0.3, 0.4) is 0 Å². The summed E-state index contributed by atoms with van der Waals surface area (Å²) in [6.07, 6.45) is 5.24. The second-order valence-electron chi connectivity index (χ2n) is 24.5. The van der Waals surface area contributed by atoms with E-state index < -0.39 is 85.8 Å². The third kappa shape index (κ3) is 14.6. The monoisotopic (exact) mass is 1120 g/mol. The Bertz CT molecular complexity index is 2990. The van der Waals surface area contributed by atoms with Gasteiger partial charge in [-0.25, -0.2) is 4.79 Å². The van der Waals surface area contributed by atoms with E-state index in [1.165, 1.54) is 52.2 Å². The maximum atomic E-state index is 14.8. The van der Waals surface area contributed by atoms with Gasteiger partial charge in [0.1, 0.15) is 29.8 Å². The molecule has 2 fully saturated rings. The van der Waals surface area contributed by atoms with E-state index in [0.717, 1.165) is 49.7 Å². The number of hydrogen-bond acceptors (Lipinski definition) is 10. The smallest absolute Gasteiger partial charge is 0.410 e. The molecule has 18 nitrogen and oxygen atoms in total. The van der Waals surface area contributed by atoms with Crippen LogP contribution in [0.15, 0.2) is 97.1 Å². The summed E-state index contributed by atoms with van der Waals surface area (Å²) >= 11 is 0. The van der Waals surface area contributed by atoms with Crippen molar-refractivity contribution in [2.75, 3.05) is 25.1 Å². The summed E-state index contributed by atoms with van der Waals surface area (Å²) in [6.45, 7) is 14.5. The van der Waals surface area contributed by atoms with Gasteiger partial charge < -0.3 is 46.9 Å². The van der Waals surface area contributed by atoms with Crippen LogP contribution in [-0.2, 0) is 48.0 Å². The number of fused-ring (bicyclic) bond motifs is 2. The Morgan fingerprint density at radius 1 is 0.704 bits per heavy atom. The van der Waals surface area contributed by atoms with Gasteiger partial charge >= 0.3 is 6.09 Å². The fraction of sp³-hybridized carbons (Fsp3) is 0.484. The lowest BCUT2D eigenvalue weighted by Crippen LogP contribution is -2.57. The standard InChI is InChI=1S/C62H80N9O9Si/c1-37(69(8)60(79)80-62(5,6)7)53(72)68-49(58(77)71-36-81(9)35-51(71)57(76)67-48-23-15-19-40-17-11-13-21-46(40)48)32-38-24-30-43(31-25-38)64-54(73)41-26-28-42(29-27-41)55(74)65-44-33-50(70(34-44)59(78)52(63)61(2,3)4)56(75)66-47-22-14-18-39-16-10-12-20-45(39)47/h10-13,16-17,20-21,24-31,37,44,47-52H,14-15,18-19,22-23,32-36,63H2,1-9H3,(H,64,73)(H,65,74)(H,66,75)(H,67,76)(H,68,72)/t37-,44-,47+,48+,49-,50-,51-,52+/m0/s1. The van der Waals surface area contributed by atoms with Crippen molar-refractivity contribution in [3.05, 3.63) is 136 Å². The van der Waals surface area contributed by atoms with E-state index in [0.29, 0.717) is 23.5 Å². The van der Waals surface area contributed by atoms with E-state index >= 15 is 0 Å². The van der Waals surface area contributed by atoms with Crippen molar-refractivity contribution in [2.24, 2.45) is 11.1 Å². The Hall–Kier alpha value is -7.38. The number of aryl methyl sites for hydroxylation is 2. The van der Waals surface area contributed by atoms with Gasteiger partial charge in [-0.2, -0.15) is 0 Å². The van der Waals surface area contributed by atoms with Gasteiger partial charge in [-0.05, 0) is 148 Å². The number of ether oxygens (including phenoxy) is 1. The van der Waals surface area contributed by atoms with Crippen LogP contribution >= 0.6 is 0 Å². The van der Waals surface area contributed by atoms with Crippen molar-refractivity contribution >= 4 is 61.9 Å². The van der Waals surface area contributed by atoms with Gasteiger partial charge in [0.25, 0.3) is 11.8 Å². The lowest BCUT2D eigenvalue weighted by molar-refractivity contribution is -0.141. The summed E-state index contributed by atoms with van der Waals surface area (Å²) in [6, 6.07) is 24.2. The maximum absolute atomic E-state index is 14.8. The highest BCUT2D eigenvalue weighted by atomic mass is 28.3. The fourth-order valence-corrected chi connectivity index (χ4v) is 13.4. The van der Waals surface area contributed by atoms with Crippen LogP contribution in [0, 0.1) is 5.41 Å². The van der Waals surface area contributed by atoms with Gasteiger partial charge in [0, 0.05) is 49.0 Å². The van der Waals surface area contributed by atoms with Crippen molar-refractivity contribution < 1.29 is 43.1 Å². The summed E-state index contributed by atoms with van der Waals surface area (Å²) in [4.78, 5) is 116. The second kappa shape index (κ2) is 25.2. The highest BCUT2D eigenvalue weighted by molar-refractivity contribution is 6.59. The number of carbonyl (C=O) groups excluding carboxylic acids is 8. The van der Waals surface area contributed by atoms with E-state index in [9.17, 15) is 38.4 Å². The van der Waals surface area contributed by atoms with Crippen molar-refractivity contribution in [2.45, 2.75) is 166 Å². The number of rotatable bonds is 15. The van der Waals surface area contributed by atoms with Gasteiger partial charge in [-0.1, -0.05) is 88.0 Å². The van der Waals surface area contributed by atoms with Crippen LogP contribution in [0.2, 0.25) is 12.6 Å². The minimum atomic E-state index is -1.14. The quantitative estimate of drug-likeness (QED) is 0.0701. The predicted octanol–water partition coefficient (Wildman–Crippen LogP) is 6.56. The van der Waals surface area contributed by atoms with Crippen LogP contribution in [-0.4, -0.2) is 133 Å². The lowest BCUT2D eigenvalue weighted by atomic mass is 9.86. The van der Waals surface area contributed by atoms with Gasteiger partial charge in [-0.3, -0.25) is 38.5 Å². The highest BCUT2D eigenvalue weighted by Crippen LogP contribution is 2.33. The summed E-state index contributed by atoms with van der Waals surface area (Å²) < 4.78 is 5.52. The summed E-state index contributed by atoms with van der Waals surface area (Å²) in [5.74, 6) is -2.75. The second-order valence-corrected chi connectivity index (χ2v) is 27.1. The number of nitrogens with one attached hydrogen (secondary N) is 5. The Labute approximate surface area is 477 Å². The van der Waals surface area contributed by atoms with Gasteiger partial charge in [0.05, 0.1) is 26.9 Å². The lowest BCUT2D eigenvalue weighted by Gasteiger charge is -2.33. The Morgan fingerprint density at radius 3 is 1.80 bits per heavy atom. The van der Waals surface area contributed by atoms with E-state index in [1.54, 1.807) is 56.9 Å². The van der Waals surface area contributed by atoms with Gasteiger partial charge in [0.15, 0.2) is 0 Å². The SMILES string of the molecule is C[C@@H](C(=O)N[C@@H](Cc1ccc(NC(=O)c2ccc(C(=O)N[C@H]3C[C@@H](C(=O)N[C@@H]4CCCc5ccccc54)N(C(=O)[C@@H](N)C(C)(C)C)C3)cc2)cc1)C(=O)N1C[Si](C)C[C@H]1C(=O)N[C@@H]1CCCc2ccccc21)N(C)C(=O)OC(C)(C)C. The number of amides is 8. The zero-order valence-electron chi connectivity index (χ0n) is 48.2. The van der Waals surface area contributed by atoms with Gasteiger partial charge in [0.2, 0.25) is 29.5 Å². The normalized spacial score (nSPS) is 21.0. The number of nitrogens with zero attached hydrogens (tertiary/aromatic N) is 3. The molecular formula is C62H80N9O9Si. The zero-order chi connectivity index (χ0) is 58.5. The first-order valence-corrected chi connectivity index (χ1v) is 30.8. The van der Waals surface area contributed by atoms with Crippen LogP contribution in [0.1, 0.15) is 141 Å². The highest BCUT2D eigenvalue weighted by Gasteiger charge is 2.45. The molecular weight excluding hydrogens is 1040 g/mol. The van der Waals surface area contributed by atoms with Gasteiger partial charge in [-0.15, -0.1) is 0 Å². The first kappa shape index (κ1) is 59.7. The average Bonchev–Trinajstić information content (AvgIpc) is 4.25. The first-order valence-electron chi connectivity index (χ1n) is 28.4. The van der Waals surface area contributed by atoms with E-state index in [4.69, 9.17) is 10.5 Å². The minimum Gasteiger partial charge on any atom is -0.444 e. The van der Waals surface area contributed by atoms with Crippen molar-refractivity contribution in [3.63, 3.8) is 0 Å². The molecule has 0 aromatic heterocycles. The van der Waals surface area contributed by atoms with Crippen molar-refractivity contribution in [3.8, 4) is 0 Å². The largest absolute Gasteiger partial charge is 0.444 e. The molecule has 4 aromatic rings. The number of anilines is 1. The molecule has 4 aromatic carbocycles. The third-order valence-electron chi connectivity index (χ3n) is 16.1. The number of carbonyl (C=O) groups is 8. The van der Waals surface area contributed by atoms with Crippen LogP contribution in [0.4, 0.5) is 10.5 Å². The van der Waals surface area contributed by atoms with Crippen LogP contribution in [0.5, 0.6) is 0 Å². The maximum Gasteiger partial charge on any atom is 0.410 e. The molecule has 4 aliphatic rings. The zero-order valence-corrected chi connectivity index (χ0v) is 49.2. The average molecular weight is 1120 g/mol. The molecule has 2 aliphatic carbocycles. The predicted molar refractivity (Wildman–Crippen MR) is 311 cm³/mol. The molecule has 8 amide bonds. The number of hydrogen-bond donors (Lipinski definition) is 6. The third-order valence-corrected chi connectivity index (χ3v) is 18.0. The Balaban J connectivity index is 0.916. The van der Waals surface area contributed by atoms with Crippen molar-refractivity contribution in [1.29, 1.82) is 0 Å². The molecule has 8 atom stereocenters. The molecule has 0 spiro atoms. The molecule has 0 bridgehead atoms. The Morgan fingerprint density at radius 2 is 1.25 bits per heavy atom. The Kier molecular flexibility index (Phi) is 18.6. The van der Waals surface area contributed by atoms with Crippen LogP contribution in [0.25, 0.3) is 0 Å². The molecule has 0 saturated carbocycles. The van der Waals surface area contributed by atoms with E-state index in [-0.39, 0.29) is 60.3 Å². The molecule has 431 valence electrons. The number of likely N-dealkylation sites (tertiary alicyclic amines) is 1. The number of benzene rings is 4. The summed E-state index contributed by atoms with van der Waals surface area (Å²) in [5.41, 5.74) is 11.3. The number of likely N-dealkylation sites (N-methyl/N-ethyl adjacent to an activating group) is 1. The van der Waals surface area contributed by atoms with Crippen molar-refractivity contribution in [1.82, 2.24) is 36.0 Å². The fourth-order valence-electron chi connectivity index (χ4n) is 11.3. The summed E-state index contributed by atoms with van der Waals surface area (Å²) in [7, 11) is 0.323. The molecule has 0 unspecified atom stereocenters. The van der Waals surface area contributed by atoms with Crippen LogP contribution < -0.4 is 32.3 Å². The minimum absolute atomic E-state index is 0.0425. The topological polar surface area (TPSA) is 242 Å². The molecule has 2 aliphatic heterocycles. The molecule has 1 radical (unpaired) electrons. The molecule has 2 heterocycles.